The van der Waals surface area contributed by atoms with Crippen molar-refractivity contribution in [1.29, 1.82) is 0 Å². The molecule has 0 radical (unpaired) electrons. The van der Waals surface area contributed by atoms with Crippen molar-refractivity contribution < 1.29 is 23.1 Å². The summed E-state index contributed by atoms with van der Waals surface area (Å²) in [5, 5.41) is 9.62. The molecule has 1 aliphatic rings. The number of ketones is 1. The first-order valence-corrected chi connectivity index (χ1v) is 5.67. The zero-order valence-electron chi connectivity index (χ0n) is 9.09. The molecule has 1 atom stereocenters. The summed E-state index contributed by atoms with van der Waals surface area (Å²) in [7, 11) is 0. The lowest BCUT2D eigenvalue weighted by Crippen LogP contribution is -2.31. The summed E-state index contributed by atoms with van der Waals surface area (Å²) in [5.41, 5.74) is 0. The van der Waals surface area contributed by atoms with Crippen molar-refractivity contribution in [2.75, 3.05) is 0 Å². The third-order valence-corrected chi connectivity index (χ3v) is 3.08. The van der Waals surface area contributed by atoms with Gasteiger partial charge >= 0.3 is 6.18 Å². The number of aliphatic hydroxyl groups excluding tert-OH is 1. The number of carbonyl (C=O) groups is 1. The first-order chi connectivity index (χ1) is 7.40. The average Bonchev–Trinajstić information content (AvgIpc) is 2.25. The van der Waals surface area contributed by atoms with Crippen molar-refractivity contribution in [3.8, 4) is 0 Å². The molecule has 0 saturated heterocycles. The van der Waals surface area contributed by atoms with Gasteiger partial charge in [-0.3, -0.25) is 4.79 Å². The van der Waals surface area contributed by atoms with E-state index in [9.17, 15) is 23.1 Å². The molecule has 1 rings (SSSR count). The van der Waals surface area contributed by atoms with Crippen molar-refractivity contribution in [3.05, 3.63) is 0 Å². The molecule has 1 aliphatic carbocycles. The lowest BCUT2D eigenvalue weighted by Gasteiger charge is -2.25. The maximum absolute atomic E-state index is 11.9. The summed E-state index contributed by atoms with van der Waals surface area (Å²) in [6.07, 6.45) is -2.75. The van der Waals surface area contributed by atoms with Crippen LogP contribution in [0.5, 0.6) is 0 Å². The predicted octanol–water partition coefficient (Wildman–Crippen LogP) is 2.84. The van der Waals surface area contributed by atoms with Crippen LogP contribution in [0.15, 0.2) is 0 Å². The second-order valence-corrected chi connectivity index (χ2v) is 4.42. The lowest BCUT2D eigenvalue weighted by atomic mass is 9.83. The van der Waals surface area contributed by atoms with Crippen LogP contribution < -0.4 is 0 Å². The summed E-state index contributed by atoms with van der Waals surface area (Å²) in [6.45, 7) is 0. The van der Waals surface area contributed by atoms with Gasteiger partial charge in [0, 0.05) is 6.42 Å². The minimum atomic E-state index is -4.32. The Morgan fingerprint density at radius 3 is 2.31 bits per heavy atom. The Balaban J connectivity index is 2.34. The second-order valence-electron chi connectivity index (χ2n) is 4.42. The van der Waals surface area contributed by atoms with Gasteiger partial charge in [-0.2, -0.15) is 13.2 Å². The summed E-state index contributed by atoms with van der Waals surface area (Å²) in [5.74, 6) is -0.793. The maximum atomic E-state index is 11.9. The number of hydrogen-bond donors (Lipinski definition) is 1. The highest BCUT2D eigenvalue weighted by molar-refractivity contribution is 5.83. The van der Waals surface area contributed by atoms with Gasteiger partial charge in [0.25, 0.3) is 0 Å². The van der Waals surface area contributed by atoms with Crippen molar-refractivity contribution in [2.24, 2.45) is 5.92 Å². The number of carbonyl (C=O) groups excluding carboxylic acids is 1. The van der Waals surface area contributed by atoms with Gasteiger partial charge in [-0.15, -0.1) is 0 Å². The zero-order chi connectivity index (χ0) is 12.2. The van der Waals surface area contributed by atoms with Crippen LogP contribution in [0.3, 0.4) is 0 Å². The van der Waals surface area contributed by atoms with Crippen molar-refractivity contribution in [2.45, 2.75) is 57.2 Å². The fraction of sp³-hybridized carbons (Fsp3) is 0.909. The van der Waals surface area contributed by atoms with Gasteiger partial charge in [-0.05, 0) is 18.8 Å². The van der Waals surface area contributed by atoms with E-state index in [-0.39, 0.29) is 5.92 Å². The molecular formula is C11H17F3O2. The van der Waals surface area contributed by atoms with E-state index in [1.165, 1.54) is 0 Å². The van der Waals surface area contributed by atoms with Gasteiger partial charge in [0.2, 0.25) is 0 Å². The number of rotatable bonds is 4. The molecule has 1 fully saturated rings. The largest absolute Gasteiger partial charge is 0.389 e. The van der Waals surface area contributed by atoms with E-state index < -0.39 is 30.9 Å². The number of aliphatic hydroxyl groups is 1. The SMILES string of the molecule is O=C(CCC(F)(F)F)C(O)C1CCCCC1. The second kappa shape index (κ2) is 5.66. The third kappa shape index (κ3) is 4.51. The molecule has 16 heavy (non-hydrogen) atoms. The number of Topliss-reactive ketones (excluding diaryl/α,β-unsaturated/α-hetero) is 1. The summed E-state index contributed by atoms with van der Waals surface area (Å²) in [6, 6.07) is 0. The molecule has 0 spiro atoms. The number of alkyl halides is 3. The highest BCUT2D eigenvalue weighted by atomic mass is 19.4. The fourth-order valence-corrected chi connectivity index (χ4v) is 2.13. The van der Waals surface area contributed by atoms with Crippen molar-refractivity contribution in [3.63, 3.8) is 0 Å². The van der Waals surface area contributed by atoms with Crippen molar-refractivity contribution in [1.82, 2.24) is 0 Å². The highest BCUT2D eigenvalue weighted by Crippen LogP contribution is 2.28. The van der Waals surface area contributed by atoms with Gasteiger partial charge in [0.05, 0.1) is 6.42 Å². The van der Waals surface area contributed by atoms with Gasteiger partial charge in [0.1, 0.15) is 6.10 Å². The van der Waals surface area contributed by atoms with E-state index in [0.717, 1.165) is 32.1 Å². The molecule has 1 N–H and O–H groups in total. The number of halogens is 3. The monoisotopic (exact) mass is 238 g/mol. The quantitative estimate of drug-likeness (QED) is 0.817. The van der Waals surface area contributed by atoms with Crippen LogP contribution in [0, 0.1) is 5.92 Å². The van der Waals surface area contributed by atoms with E-state index in [0.29, 0.717) is 0 Å². The Morgan fingerprint density at radius 2 is 1.81 bits per heavy atom. The molecule has 0 amide bonds. The minimum absolute atomic E-state index is 0.130. The molecule has 0 aromatic heterocycles. The molecule has 94 valence electrons. The Morgan fingerprint density at radius 1 is 1.25 bits per heavy atom. The first kappa shape index (κ1) is 13.5. The van der Waals surface area contributed by atoms with Gasteiger partial charge in [-0.25, -0.2) is 0 Å². The number of hydrogen-bond acceptors (Lipinski definition) is 2. The maximum Gasteiger partial charge on any atom is 0.389 e. The van der Waals surface area contributed by atoms with Gasteiger partial charge in [-0.1, -0.05) is 19.3 Å². The summed E-state index contributed by atoms with van der Waals surface area (Å²) >= 11 is 0. The Labute approximate surface area is 92.8 Å². The average molecular weight is 238 g/mol. The molecule has 0 aromatic carbocycles. The Kier molecular flexibility index (Phi) is 4.77. The molecule has 1 unspecified atom stereocenters. The predicted molar refractivity (Wildman–Crippen MR) is 52.9 cm³/mol. The lowest BCUT2D eigenvalue weighted by molar-refractivity contribution is -0.148. The molecule has 0 aliphatic heterocycles. The van der Waals surface area contributed by atoms with E-state index >= 15 is 0 Å². The van der Waals surface area contributed by atoms with Crippen LogP contribution in [0.2, 0.25) is 0 Å². The van der Waals surface area contributed by atoms with Crippen LogP contribution in [0.25, 0.3) is 0 Å². The molecule has 0 bridgehead atoms. The Hall–Kier alpha value is -0.580. The standard InChI is InChI=1S/C11H17F3O2/c12-11(13,14)7-6-9(15)10(16)8-4-2-1-3-5-8/h8,10,16H,1-7H2. The molecule has 2 nitrogen and oxygen atoms in total. The van der Waals surface area contributed by atoms with E-state index in [1.54, 1.807) is 0 Å². The van der Waals surface area contributed by atoms with E-state index in [1.807, 2.05) is 0 Å². The minimum Gasteiger partial charge on any atom is -0.385 e. The van der Waals surface area contributed by atoms with Crippen LogP contribution in [0.4, 0.5) is 13.2 Å². The van der Waals surface area contributed by atoms with Crippen LogP contribution >= 0.6 is 0 Å². The van der Waals surface area contributed by atoms with Crippen LogP contribution in [-0.2, 0) is 4.79 Å². The smallest absolute Gasteiger partial charge is 0.385 e. The third-order valence-electron chi connectivity index (χ3n) is 3.08. The molecule has 0 heterocycles. The van der Waals surface area contributed by atoms with Crippen LogP contribution in [0.1, 0.15) is 44.9 Å². The molecular weight excluding hydrogens is 221 g/mol. The topological polar surface area (TPSA) is 37.3 Å². The highest BCUT2D eigenvalue weighted by Gasteiger charge is 2.32. The van der Waals surface area contributed by atoms with Crippen LogP contribution in [-0.4, -0.2) is 23.2 Å². The summed E-state index contributed by atoms with van der Waals surface area (Å²) < 4.78 is 35.7. The summed E-state index contributed by atoms with van der Waals surface area (Å²) in [4.78, 5) is 11.3. The molecule has 5 heteroatoms. The van der Waals surface area contributed by atoms with E-state index in [4.69, 9.17) is 0 Å². The van der Waals surface area contributed by atoms with Gasteiger partial charge < -0.3 is 5.11 Å². The first-order valence-electron chi connectivity index (χ1n) is 5.67. The van der Waals surface area contributed by atoms with Gasteiger partial charge in [0.15, 0.2) is 5.78 Å². The normalized spacial score (nSPS) is 20.8. The fourth-order valence-electron chi connectivity index (χ4n) is 2.13. The zero-order valence-corrected chi connectivity index (χ0v) is 9.09. The van der Waals surface area contributed by atoms with E-state index in [2.05, 4.69) is 0 Å². The Bertz CT molecular complexity index is 232. The molecule has 0 aromatic rings. The van der Waals surface area contributed by atoms with Crippen molar-refractivity contribution >= 4 is 5.78 Å². The molecule has 1 saturated carbocycles.